The van der Waals surface area contributed by atoms with E-state index in [-0.39, 0.29) is 30.4 Å². The van der Waals surface area contributed by atoms with Crippen molar-refractivity contribution in [2.24, 2.45) is 0 Å². The molecule has 2 bridgehead atoms. The smallest absolute Gasteiger partial charge is 0.258 e. The fourth-order valence-corrected chi connectivity index (χ4v) is 4.73. The van der Waals surface area contributed by atoms with Crippen LogP contribution in [0.1, 0.15) is 46.5 Å². The molecule has 1 aromatic carbocycles. The first kappa shape index (κ1) is 22.7. The van der Waals surface area contributed by atoms with E-state index in [0.717, 1.165) is 30.4 Å². The number of aromatic nitrogens is 3. The Kier molecular flexibility index (Phi) is 5.71. The van der Waals surface area contributed by atoms with Crippen LogP contribution in [0.25, 0.3) is 5.65 Å². The summed E-state index contributed by atoms with van der Waals surface area (Å²) in [5.41, 5.74) is 2.42. The fraction of sp³-hybridized carbons (Fsp3) is 0.440. The maximum absolute atomic E-state index is 14.2. The molecule has 2 fully saturated rings. The molecule has 3 aliphatic rings. The minimum atomic E-state index is -0.563. The van der Waals surface area contributed by atoms with Crippen LogP contribution >= 0.6 is 0 Å². The lowest BCUT2D eigenvalue weighted by atomic mass is 10.1. The number of fused-ring (bicyclic) bond motifs is 4. The van der Waals surface area contributed by atoms with Crippen molar-refractivity contribution in [3.63, 3.8) is 0 Å². The van der Waals surface area contributed by atoms with E-state index < -0.39 is 17.8 Å². The first-order chi connectivity index (χ1) is 17.5. The Bertz CT molecular complexity index is 1340. The van der Waals surface area contributed by atoms with E-state index in [4.69, 9.17) is 19.6 Å². The lowest BCUT2D eigenvalue weighted by Gasteiger charge is -2.35. The van der Waals surface area contributed by atoms with Crippen LogP contribution in [0.2, 0.25) is 0 Å². The SMILES string of the molecule is CN1CCNC(=O)COc2ccc(F)cc2C(=O)N2CCOCC2c2cc3nc(C4CC4)cc1n3n2. The minimum Gasteiger partial charge on any atom is -0.483 e. The zero-order valence-electron chi connectivity index (χ0n) is 19.9. The number of carbonyl (C=O) groups is 2. The molecule has 11 heteroatoms. The normalized spacial score (nSPS) is 21.2. The third-order valence-electron chi connectivity index (χ3n) is 6.86. The predicted octanol–water partition coefficient (Wildman–Crippen LogP) is 1.90. The lowest BCUT2D eigenvalue weighted by Crippen LogP contribution is -2.44. The van der Waals surface area contributed by atoms with Crippen molar-refractivity contribution in [1.82, 2.24) is 24.8 Å². The Morgan fingerprint density at radius 1 is 1.11 bits per heavy atom. The van der Waals surface area contributed by atoms with Gasteiger partial charge in [-0.25, -0.2) is 9.37 Å². The summed E-state index contributed by atoms with van der Waals surface area (Å²) in [4.78, 5) is 34.7. The molecule has 1 saturated heterocycles. The van der Waals surface area contributed by atoms with E-state index in [9.17, 15) is 14.0 Å². The molecule has 1 aliphatic carbocycles. The van der Waals surface area contributed by atoms with Gasteiger partial charge in [-0.2, -0.15) is 9.61 Å². The highest BCUT2D eigenvalue weighted by Gasteiger charge is 2.34. The lowest BCUT2D eigenvalue weighted by molar-refractivity contribution is -0.123. The van der Waals surface area contributed by atoms with Crippen molar-refractivity contribution in [2.45, 2.75) is 24.8 Å². The van der Waals surface area contributed by atoms with Gasteiger partial charge in [0.1, 0.15) is 17.4 Å². The highest BCUT2D eigenvalue weighted by molar-refractivity contribution is 5.97. The molecule has 6 rings (SSSR count). The molecule has 2 aromatic heterocycles. The van der Waals surface area contributed by atoms with E-state index in [1.807, 2.05) is 18.0 Å². The predicted molar refractivity (Wildman–Crippen MR) is 128 cm³/mol. The Labute approximate surface area is 207 Å². The minimum absolute atomic E-state index is 0.0557. The molecule has 1 saturated carbocycles. The van der Waals surface area contributed by atoms with Gasteiger partial charge in [0, 0.05) is 50.4 Å². The van der Waals surface area contributed by atoms with Crippen LogP contribution in [0.4, 0.5) is 10.2 Å². The maximum Gasteiger partial charge on any atom is 0.258 e. The van der Waals surface area contributed by atoms with E-state index in [1.54, 1.807) is 9.42 Å². The van der Waals surface area contributed by atoms with Gasteiger partial charge in [0.25, 0.3) is 11.8 Å². The van der Waals surface area contributed by atoms with Crippen LogP contribution in [0, 0.1) is 5.82 Å². The standard InChI is InChI=1S/C25H27FN6O4/c1-30-7-6-27-23(33)14-36-21-5-4-16(26)10-17(21)25(34)31-8-9-35-13-20(31)19-11-22-28-18(15-2-3-15)12-24(30)32(22)29-19/h4-5,10-12,15,20H,2-3,6-9,13-14H2,1H3,(H,27,33). The number of benzene rings is 1. The molecule has 10 nitrogen and oxygen atoms in total. The number of ether oxygens (including phenoxy) is 2. The van der Waals surface area contributed by atoms with Crippen molar-refractivity contribution in [3.05, 3.63) is 53.1 Å². The molecule has 0 radical (unpaired) electrons. The quantitative estimate of drug-likeness (QED) is 0.552. The highest BCUT2D eigenvalue weighted by atomic mass is 19.1. The van der Waals surface area contributed by atoms with Crippen molar-refractivity contribution in [2.75, 3.05) is 51.4 Å². The molecule has 1 unspecified atom stereocenters. The Balaban J connectivity index is 1.47. The summed E-state index contributed by atoms with van der Waals surface area (Å²) in [7, 11) is 1.95. The van der Waals surface area contributed by atoms with Gasteiger partial charge in [0.2, 0.25) is 0 Å². The first-order valence-electron chi connectivity index (χ1n) is 12.2. The molecular formula is C25H27FN6O4. The number of morpholine rings is 1. The molecule has 36 heavy (non-hydrogen) atoms. The van der Waals surface area contributed by atoms with Crippen LogP contribution in [-0.2, 0) is 9.53 Å². The second-order valence-electron chi connectivity index (χ2n) is 9.44. The third-order valence-corrected chi connectivity index (χ3v) is 6.86. The summed E-state index contributed by atoms with van der Waals surface area (Å²) in [5, 5.41) is 7.69. The number of hydrogen-bond donors (Lipinski definition) is 1. The average molecular weight is 495 g/mol. The van der Waals surface area contributed by atoms with Crippen molar-refractivity contribution in [3.8, 4) is 5.75 Å². The number of carbonyl (C=O) groups excluding carboxylic acids is 2. The monoisotopic (exact) mass is 494 g/mol. The van der Waals surface area contributed by atoms with E-state index >= 15 is 0 Å². The maximum atomic E-state index is 14.2. The number of anilines is 1. The summed E-state index contributed by atoms with van der Waals surface area (Å²) in [6.45, 7) is 1.55. The topological polar surface area (TPSA) is 101 Å². The Morgan fingerprint density at radius 2 is 1.97 bits per heavy atom. The highest BCUT2D eigenvalue weighted by Crippen LogP contribution is 2.40. The molecule has 188 valence electrons. The van der Waals surface area contributed by atoms with Gasteiger partial charge in [0.05, 0.1) is 30.5 Å². The zero-order valence-corrected chi connectivity index (χ0v) is 19.9. The molecule has 1 N–H and O–H groups in total. The van der Waals surface area contributed by atoms with Gasteiger partial charge >= 0.3 is 0 Å². The summed E-state index contributed by atoms with van der Waals surface area (Å²) < 4.78 is 27.4. The van der Waals surface area contributed by atoms with E-state index in [1.165, 1.54) is 12.1 Å². The number of halogens is 1. The van der Waals surface area contributed by atoms with E-state index in [2.05, 4.69) is 11.4 Å². The molecule has 1 atom stereocenters. The van der Waals surface area contributed by atoms with E-state index in [0.29, 0.717) is 43.5 Å². The number of nitrogens with zero attached hydrogens (tertiary/aromatic N) is 5. The molecule has 2 amide bonds. The zero-order chi connectivity index (χ0) is 24.8. The van der Waals surface area contributed by atoms with Gasteiger partial charge < -0.3 is 24.6 Å². The molecule has 2 aliphatic heterocycles. The Hall–Kier alpha value is -3.73. The van der Waals surface area contributed by atoms with Crippen LogP contribution in [-0.4, -0.2) is 77.8 Å². The first-order valence-corrected chi connectivity index (χ1v) is 12.2. The molecule has 0 spiro atoms. The van der Waals surface area contributed by atoms with Gasteiger partial charge in [0.15, 0.2) is 12.3 Å². The number of likely N-dealkylation sites (N-methyl/N-ethyl adjacent to an activating group) is 1. The largest absolute Gasteiger partial charge is 0.483 e. The second-order valence-corrected chi connectivity index (χ2v) is 9.44. The molecular weight excluding hydrogens is 467 g/mol. The van der Waals surface area contributed by atoms with Crippen LogP contribution in [0.5, 0.6) is 5.75 Å². The summed E-state index contributed by atoms with van der Waals surface area (Å²) in [6.07, 6.45) is 2.22. The van der Waals surface area contributed by atoms with Crippen LogP contribution < -0.4 is 15.0 Å². The number of hydrogen-bond acceptors (Lipinski definition) is 7. The summed E-state index contributed by atoms with van der Waals surface area (Å²) in [6, 6.07) is 7.19. The van der Waals surface area contributed by atoms with Gasteiger partial charge in [-0.1, -0.05) is 0 Å². The number of rotatable bonds is 1. The summed E-state index contributed by atoms with van der Waals surface area (Å²) in [5.74, 6) is 0.140. The van der Waals surface area contributed by atoms with Crippen molar-refractivity contribution >= 4 is 23.3 Å². The van der Waals surface area contributed by atoms with Crippen molar-refractivity contribution in [1.29, 1.82) is 0 Å². The van der Waals surface area contributed by atoms with Gasteiger partial charge in [-0.15, -0.1) is 0 Å². The Morgan fingerprint density at radius 3 is 2.81 bits per heavy atom. The molecule has 4 heterocycles. The number of nitrogens with one attached hydrogen (secondary N) is 1. The van der Waals surface area contributed by atoms with Crippen molar-refractivity contribution < 1.29 is 23.5 Å². The van der Waals surface area contributed by atoms with Crippen LogP contribution in [0.3, 0.4) is 0 Å². The van der Waals surface area contributed by atoms with Gasteiger partial charge in [-0.3, -0.25) is 9.59 Å². The molecule has 3 aromatic rings. The second kappa shape index (κ2) is 9.05. The van der Waals surface area contributed by atoms with Gasteiger partial charge in [-0.05, 0) is 31.0 Å². The fourth-order valence-electron chi connectivity index (χ4n) is 4.73. The van der Waals surface area contributed by atoms with Crippen LogP contribution in [0.15, 0.2) is 30.3 Å². The average Bonchev–Trinajstić information content (AvgIpc) is 3.65. The number of amides is 2. The summed E-state index contributed by atoms with van der Waals surface area (Å²) >= 11 is 0. The third kappa shape index (κ3) is 4.23.